The highest BCUT2D eigenvalue weighted by Gasteiger charge is 2.39. The molecule has 0 spiro atoms. The van der Waals surface area contributed by atoms with Crippen molar-refractivity contribution in [3.8, 4) is 0 Å². The van der Waals surface area contributed by atoms with Crippen molar-refractivity contribution < 1.29 is 47.6 Å². The Labute approximate surface area is 204 Å². The molecule has 0 rings (SSSR count). The van der Waals surface area contributed by atoms with Crippen LogP contribution in [0.3, 0.4) is 0 Å². The van der Waals surface area contributed by atoms with Crippen molar-refractivity contribution in [2.24, 2.45) is 0 Å². The Balaban J connectivity index is 4.83. The van der Waals surface area contributed by atoms with E-state index in [1.807, 2.05) is 0 Å². The van der Waals surface area contributed by atoms with Gasteiger partial charge in [-0.05, 0) is 13.3 Å². The van der Waals surface area contributed by atoms with Gasteiger partial charge in [-0.15, -0.1) is 0 Å². The Morgan fingerprint density at radius 2 is 0.970 bits per heavy atom. The van der Waals surface area contributed by atoms with Gasteiger partial charge in [0.15, 0.2) is 0 Å². The summed E-state index contributed by atoms with van der Waals surface area (Å²) < 4.78 is 47.9. The molecule has 0 fully saturated rings. The first-order valence-corrected chi connectivity index (χ1v) is 20.9. The Bertz CT molecular complexity index is 701. The van der Waals surface area contributed by atoms with Crippen molar-refractivity contribution in [3.63, 3.8) is 0 Å². The molecule has 0 saturated carbocycles. The fourth-order valence-corrected chi connectivity index (χ4v) is 17.3. The first-order valence-electron chi connectivity index (χ1n) is 10.9. The molecule has 0 aliphatic heterocycles. The Morgan fingerprint density at radius 3 is 1.30 bits per heavy atom. The molecule has 0 amide bonds. The maximum absolute atomic E-state index is 12.3. The molecule has 0 bridgehead atoms. The Morgan fingerprint density at radius 1 is 0.636 bits per heavy atom. The molecule has 33 heavy (non-hydrogen) atoms. The highest BCUT2D eigenvalue weighted by atomic mass is 32.8. The number of unbranched alkanes of at least 4 members (excludes halogenated alkanes) is 9. The zero-order chi connectivity index (χ0) is 25.8. The van der Waals surface area contributed by atoms with Gasteiger partial charge in [0.25, 0.3) is 13.1 Å². The molecule has 0 aromatic heterocycles. The molecule has 3 unspecified atom stereocenters. The summed E-state index contributed by atoms with van der Waals surface area (Å²) in [7, 11) is -9.66. The number of nitrogens with zero attached hydrogens (tertiary/aromatic N) is 1. The van der Waals surface area contributed by atoms with Gasteiger partial charge in [-0.1, -0.05) is 71.1 Å². The maximum Gasteiger partial charge on any atom is 0.336 e. The van der Waals surface area contributed by atoms with E-state index in [1.54, 1.807) is 6.92 Å². The van der Waals surface area contributed by atoms with Crippen molar-refractivity contribution >= 4 is 51.5 Å². The van der Waals surface area contributed by atoms with Crippen LogP contribution in [0.1, 0.15) is 84.5 Å². The monoisotopic (exact) mass is 593 g/mol. The normalized spacial score (nSPS) is 17.6. The average molecular weight is 594 g/mol. The smallest absolute Gasteiger partial charge is 0.336 e. The Hall–Kier alpha value is 1.34. The molecule has 0 radical (unpaired) electrons. The van der Waals surface area contributed by atoms with Gasteiger partial charge in [-0.25, -0.2) is 0 Å². The third kappa shape index (κ3) is 21.2. The van der Waals surface area contributed by atoms with Crippen LogP contribution in [0, 0.1) is 0 Å². The summed E-state index contributed by atoms with van der Waals surface area (Å²) in [6.45, 7) is -5.20. The fraction of sp³-hybridized carbons (Fsp3) is 1.00. The number of hydrogen-bond acceptors (Lipinski definition) is 7. The minimum atomic E-state index is -4.83. The molecular weight excluding hydrogens is 554 g/mol. The van der Waals surface area contributed by atoms with Crippen molar-refractivity contribution in [2.75, 3.05) is 11.8 Å². The van der Waals surface area contributed by atoms with E-state index >= 15 is 0 Å². The topological polar surface area (TPSA) is 193 Å². The van der Waals surface area contributed by atoms with E-state index in [-0.39, 0.29) is 23.1 Å². The van der Waals surface area contributed by atoms with Crippen molar-refractivity contribution in [2.45, 2.75) is 90.5 Å². The van der Waals surface area contributed by atoms with Crippen molar-refractivity contribution in [1.82, 2.24) is 3.71 Å². The van der Waals surface area contributed by atoms with Crippen LogP contribution < -0.4 is 0 Å². The molecule has 6 N–H and O–H groups in total. The van der Waals surface area contributed by atoms with Crippen LogP contribution in [0.25, 0.3) is 0 Å². The molecule has 0 aromatic rings. The zero-order valence-electron chi connectivity index (χ0n) is 19.1. The standard InChI is InChI=1S/C16H39NO10P4S2/c1-3-4-5-6-7-8-9-10-11-12-13-16(2)17(32-30(24,25)14-28(18,19)20)33-31(26,27)15-29(21,22)23/h16H,3-15H2,1-2H3,(H,24,25)(H,26,27)(H2,18,19,20)(H2,21,22,23). The second-order valence-electron chi connectivity index (χ2n) is 8.16. The van der Waals surface area contributed by atoms with Crippen molar-refractivity contribution in [3.05, 3.63) is 0 Å². The van der Waals surface area contributed by atoms with Gasteiger partial charge >= 0.3 is 15.2 Å². The maximum atomic E-state index is 12.3. The van der Waals surface area contributed by atoms with E-state index in [0.29, 0.717) is 6.42 Å². The van der Waals surface area contributed by atoms with Gasteiger partial charge in [0, 0.05) is 29.2 Å². The highest BCUT2D eigenvalue weighted by molar-refractivity contribution is 8.65. The Kier molecular flexibility index (Phi) is 16.9. The van der Waals surface area contributed by atoms with Gasteiger partial charge in [0.1, 0.15) is 11.8 Å². The van der Waals surface area contributed by atoms with Gasteiger partial charge < -0.3 is 29.4 Å². The molecular formula is C16H39NO10P4S2. The lowest BCUT2D eigenvalue weighted by molar-refractivity contribution is 0.374. The van der Waals surface area contributed by atoms with Gasteiger partial charge in [0.2, 0.25) is 0 Å². The SMILES string of the molecule is CCCCCCCCCCCCC(C)N(SP(=O)(O)CP(=O)(O)O)SP(=O)(O)CP(=O)(O)O. The summed E-state index contributed by atoms with van der Waals surface area (Å²) in [6.07, 6.45) is 11.5. The lowest BCUT2D eigenvalue weighted by Crippen LogP contribution is -2.20. The number of hydrogen-bond donors (Lipinski definition) is 6. The van der Waals surface area contributed by atoms with Gasteiger partial charge in [-0.2, -0.15) is 3.71 Å². The van der Waals surface area contributed by atoms with Crippen LogP contribution >= 0.6 is 51.5 Å². The van der Waals surface area contributed by atoms with Gasteiger partial charge in [0.05, 0.1) is 0 Å². The predicted octanol–water partition coefficient (Wildman–Crippen LogP) is 5.93. The van der Waals surface area contributed by atoms with E-state index in [4.69, 9.17) is 19.6 Å². The second kappa shape index (κ2) is 16.2. The number of rotatable bonds is 20. The molecule has 0 heterocycles. The van der Waals surface area contributed by atoms with Crippen LogP contribution in [0.4, 0.5) is 0 Å². The minimum Gasteiger partial charge on any atom is -0.336 e. The summed E-state index contributed by atoms with van der Waals surface area (Å²) in [5.74, 6) is -2.64. The summed E-state index contributed by atoms with van der Waals surface area (Å²) >= 11 is 0.292. The summed E-state index contributed by atoms with van der Waals surface area (Å²) in [5.41, 5.74) is 0. The third-order valence-electron chi connectivity index (χ3n) is 4.48. The summed E-state index contributed by atoms with van der Waals surface area (Å²) in [4.78, 5) is 56.1. The molecule has 0 aromatic carbocycles. The minimum absolute atomic E-state index is 0.146. The van der Waals surface area contributed by atoms with Crippen LogP contribution in [0.15, 0.2) is 0 Å². The largest absolute Gasteiger partial charge is 0.336 e. The lowest BCUT2D eigenvalue weighted by Gasteiger charge is -2.29. The van der Waals surface area contributed by atoms with E-state index < -0.39 is 46.2 Å². The molecule has 0 aliphatic carbocycles. The molecule has 0 saturated heterocycles. The molecule has 0 aliphatic rings. The fourth-order valence-electron chi connectivity index (χ4n) is 2.98. The van der Waals surface area contributed by atoms with Crippen LogP contribution in [0.2, 0.25) is 0 Å². The predicted molar refractivity (Wildman–Crippen MR) is 136 cm³/mol. The molecule has 3 atom stereocenters. The third-order valence-corrected chi connectivity index (χ3v) is 17.6. The second-order valence-corrected chi connectivity index (χ2v) is 21.4. The first-order chi connectivity index (χ1) is 15.0. The van der Waals surface area contributed by atoms with Crippen molar-refractivity contribution in [1.29, 1.82) is 0 Å². The lowest BCUT2D eigenvalue weighted by atomic mass is 10.0. The van der Waals surface area contributed by atoms with E-state index in [2.05, 4.69) is 6.92 Å². The van der Waals surface area contributed by atoms with Crippen LogP contribution in [0.5, 0.6) is 0 Å². The quantitative estimate of drug-likeness (QED) is 0.0553. The van der Waals surface area contributed by atoms with E-state index in [1.165, 1.54) is 32.1 Å². The summed E-state index contributed by atoms with van der Waals surface area (Å²) in [6, 6.07) is -0.566. The van der Waals surface area contributed by atoms with Crippen LogP contribution in [-0.4, -0.2) is 50.9 Å². The zero-order valence-corrected chi connectivity index (χ0v) is 24.3. The molecule has 11 nitrogen and oxygen atoms in total. The van der Waals surface area contributed by atoms with E-state index in [9.17, 15) is 28.0 Å². The molecule has 17 heteroatoms. The highest BCUT2D eigenvalue weighted by Crippen LogP contribution is 2.71. The van der Waals surface area contributed by atoms with Gasteiger partial charge in [-0.3, -0.25) is 18.3 Å². The average Bonchev–Trinajstić information content (AvgIpc) is 2.57. The van der Waals surface area contributed by atoms with E-state index in [0.717, 1.165) is 35.8 Å². The molecule has 200 valence electrons. The summed E-state index contributed by atoms with van der Waals surface area (Å²) in [5, 5.41) is 0. The van der Waals surface area contributed by atoms with Crippen LogP contribution in [-0.2, 0) is 18.3 Å². The first kappa shape index (κ1) is 34.3.